The lowest BCUT2D eigenvalue weighted by Gasteiger charge is -2.30. The molecule has 4 nitrogen and oxygen atoms in total. The van der Waals surface area contributed by atoms with Crippen LogP contribution in [0.2, 0.25) is 5.02 Å². The van der Waals surface area contributed by atoms with Crippen LogP contribution in [0.25, 0.3) is 21.9 Å². The average molecular weight is 332 g/mol. The van der Waals surface area contributed by atoms with E-state index in [4.69, 9.17) is 21.2 Å². The number of halogens is 1. The van der Waals surface area contributed by atoms with Crippen molar-refractivity contribution in [2.75, 3.05) is 0 Å². The molecule has 0 spiro atoms. The van der Waals surface area contributed by atoms with Gasteiger partial charge in [0, 0.05) is 10.8 Å². The molecular formula is C18H18ClNO3. The van der Waals surface area contributed by atoms with Gasteiger partial charge in [0.1, 0.15) is 5.58 Å². The molecule has 1 aromatic heterocycles. The fourth-order valence-electron chi connectivity index (χ4n) is 2.84. The molecular weight excluding hydrogens is 314 g/mol. The summed E-state index contributed by atoms with van der Waals surface area (Å²) in [6, 6.07) is 11.6. The molecule has 120 valence electrons. The summed E-state index contributed by atoms with van der Waals surface area (Å²) in [5, 5.41) is 11.4. The van der Waals surface area contributed by atoms with Crippen molar-refractivity contribution in [1.29, 1.82) is 0 Å². The third-order valence-corrected chi connectivity index (χ3v) is 5.14. The summed E-state index contributed by atoms with van der Waals surface area (Å²) in [6.45, 7) is 5.44. The molecule has 0 aliphatic heterocycles. The highest BCUT2D eigenvalue weighted by molar-refractivity contribution is 6.36. The van der Waals surface area contributed by atoms with E-state index in [-0.39, 0.29) is 5.92 Å². The lowest BCUT2D eigenvalue weighted by atomic mass is 9.75. The van der Waals surface area contributed by atoms with Crippen molar-refractivity contribution >= 4 is 39.4 Å². The van der Waals surface area contributed by atoms with Crippen LogP contribution in [-0.2, 0) is 4.79 Å². The topological polar surface area (TPSA) is 62.5 Å². The number of fused-ring (bicyclic) bond motifs is 3. The maximum atomic E-state index is 11.9. The van der Waals surface area contributed by atoms with E-state index >= 15 is 0 Å². The number of rotatable bonds is 3. The molecule has 0 radical (unpaired) electrons. The monoisotopic (exact) mass is 331 g/mol. The van der Waals surface area contributed by atoms with E-state index in [1.54, 1.807) is 19.3 Å². The lowest BCUT2D eigenvalue weighted by Crippen LogP contribution is -2.38. The zero-order valence-corrected chi connectivity index (χ0v) is 13.9. The van der Waals surface area contributed by atoms with E-state index < -0.39 is 11.3 Å². The predicted molar refractivity (Wildman–Crippen MR) is 90.9 cm³/mol. The standard InChI is InChI=1S/C18H18ClNO3/c1-10(18(2,3)17(21)20-22)11-8-9-13-12-6-4-5-7-14(12)23-16(13)15(11)19/h4-10,22H,1-3H3,(H,20,21). The largest absolute Gasteiger partial charge is 0.454 e. The maximum absolute atomic E-state index is 11.9. The first kappa shape index (κ1) is 15.8. The molecule has 5 heteroatoms. The van der Waals surface area contributed by atoms with Gasteiger partial charge in [-0.1, -0.05) is 62.7 Å². The van der Waals surface area contributed by atoms with Gasteiger partial charge in [-0.05, 0) is 17.5 Å². The number of para-hydroxylation sites is 1. The van der Waals surface area contributed by atoms with Crippen molar-refractivity contribution in [3.05, 3.63) is 47.0 Å². The Hall–Kier alpha value is -2.04. The normalized spacial score (nSPS) is 13.4. The minimum atomic E-state index is -0.821. The van der Waals surface area contributed by atoms with Crippen LogP contribution < -0.4 is 5.48 Å². The summed E-state index contributed by atoms with van der Waals surface area (Å²) >= 11 is 6.57. The van der Waals surface area contributed by atoms with Crippen LogP contribution in [0, 0.1) is 5.41 Å². The molecule has 23 heavy (non-hydrogen) atoms. The van der Waals surface area contributed by atoms with Gasteiger partial charge in [0.05, 0.1) is 10.4 Å². The first-order valence-electron chi connectivity index (χ1n) is 7.42. The number of carbonyl (C=O) groups excluding carboxylic acids is 1. The molecule has 0 saturated heterocycles. The van der Waals surface area contributed by atoms with Gasteiger partial charge < -0.3 is 4.42 Å². The van der Waals surface area contributed by atoms with Crippen LogP contribution in [0.5, 0.6) is 0 Å². The summed E-state index contributed by atoms with van der Waals surface area (Å²) in [7, 11) is 0. The van der Waals surface area contributed by atoms with Crippen LogP contribution in [0.3, 0.4) is 0 Å². The Labute approximate surface area is 139 Å². The summed E-state index contributed by atoms with van der Waals surface area (Å²) in [6.07, 6.45) is 0. The molecule has 0 saturated carbocycles. The first-order chi connectivity index (χ1) is 10.9. The second-order valence-electron chi connectivity index (χ2n) is 6.33. The van der Waals surface area contributed by atoms with E-state index in [1.807, 2.05) is 43.3 Å². The molecule has 0 aliphatic rings. The molecule has 1 heterocycles. The van der Waals surface area contributed by atoms with Crippen LogP contribution in [-0.4, -0.2) is 11.1 Å². The van der Waals surface area contributed by atoms with E-state index in [9.17, 15) is 4.79 Å². The van der Waals surface area contributed by atoms with Crippen LogP contribution in [0.4, 0.5) is 0 Å². The Morgan fingerprint density at radius 3 is 2.61 bits per heavy atom. The van der Waals surface area contributed by atoms with Gasteiger partial charge in [-0.2, -0.15) is 0 Å². The van der Waals surface area contributed by atoms with Crippen molar-refractivity contribution in [3.8, 4) is 0 Å². The average Bonchev–Trinajstić information content (AvgIpc) is 2.93. The zero-order chi connectivity index (χ0) is 16.8. The zero-order valence-electron chi connectivity index (χ0n) is 13.2. The SMILES string of the molecule is CC(c1ccc2c(oc3ccccc32)c1Cl)C(C)(C)C(=O)NO. The quantitative estimate of drug-likeness (QED) is 0.531. The summed E-state index contributed by atoms with van der Waals surface area (Å²) < 4.78 is 5.89. The van der Waals surface area contributed by atoms with Crippen molar-refractivity contribution < 1.29 is 14.4 Å². The third-order valence-electron chi connectivity index (χ3n) is 4.75. The van der Waals surface area contributed by atoms with Crippen LogP contribution >= 0.6 is 11.6 Å². The van der Waals surface area contributed by atoms with Crippen molar-refractivity contribution in [2.45, 2.75) is 26.7 Å². The van der Waals surface area contributed by atoms with E-state index in [0.29, 0.717) is 10.6 Å². The van der Waals surface area contributed by atoms with Gasteiger partial charge in [-0.25, -0.2) is 5.48 Å². The number of amides is 1. The molecule has 0 aliphatic carbocycles. The van der Waals surface area contributed by atoms with Crippen LogP contribution in [0.1, 0.15) is 32.3 Å². The second-order valence-corrected chi connectivity index (χ2v) is 6.71. The van der Waals surface area contributed by atoms with Crippen molar-refractivity contribution in [3.63, 3.8) is 0 Å². The number of hydroxylamine groups is 1. The smallest absolute Gasteiger partial charge is 0.249 e. The summed E-state index contributed by atoms with van der Waals surface area (Å²) in [5.74, 6) is -0.662. The molecule has 1 atom stereocenters. The summed E-state index contributed by atoms with van der Waals surface area (Å²) in [4.78, 5) is 11.9. The fraction of sp³-hybridized carbons (Fsp3) is 0.278. The lowest BCUT2D eigenvalue weighted by molar-refractivity contribution is -0.139. The number of nitrogens with one attached hydrogen (secondary N) is 1. The first-order valence-corrected chi connectivity index (χ1v) is 7.80. The molecule has 3 aromatic rings. The maximum Gasteiger partial charge on any atom is 0.249 e. The Kier molecular flexibility index (Phi) is 3.82. The molecule has 3 rings (SSSR count). The molecule has 2 N–H and O–H groups in total. The Balaban J connectivity index is 2.18. The Morgan fingerprint density at radius 2 is 1.91 bits per heavy atom. The van der Waals surface area contributed by atoms with Crippen molar-refractivity contribution in [2.24, 2.45) is 5.41 Å². The highest BCUT2D eigenvalue weighted by atomic mass is 35.5. The van der Waals surface area contributed by atoms with E-state index in [0.717, 1.165) is 21.9 Å². The molecule has 1 unspecified atom stereocenters. The number of benzene rings is 2. The van der Waals surface area contributed by atoms with Gasteiger partial charge >= 0.3 is 0 Å². The Bertz CT molecular complexity index is 898. The Morgan fingerprint density at radius 1 is 1.22 bits per heavy atom. The minimum Gasteiger partial charge on any atom is -0.454 e. The van der Waals surface area contributed by atoms with E-state index in [2.05, 4.69) is 0 Å². The highest BCUT2D eigenvalue weighted by Crippen LogP contribution is 2.43. The molecule has 1 amide bonds. The van der Waals surface area contributed by atoms with Gasteiger partial charge in [0.25, 0.3) is 0 Å². The second kappa shape index (κ2) is 5.55. The molecule has 0 bridgehead atoms. The van der Waals surface area contributed by atoms with Crippen LogP contribution in [0.15, 0.2) is 40.8 Å². The summed E-state index contributed by atoms with van der Waals surface area (Å²) in [5.41, 5.74) is 3.12. The number of carbonyl (C=O) groups is 1. The van der Waals surface area contributed by atoms with Gasteiger partial charge in [0.15, 0.2) is 5.58 Å². The number of hydrogen-bond acceptors (Lipinski definition) is 3. The van der Waals surface area contributed by atoms with Gasteiger partial charge in [-0.3, -0.25) is 10.0 Å². The predicted octanol–water partition coefficient (Wildman–Crippen LogP) is 4.87. The minimum absolute atomic E-state index is 0.209. The molecule has 0 fully saturated rings. The third kappa shape index (κ3) is 2.38. The van der Waals surface area contributed by atoms with Gasteiger partial charge in [-0.15, -0.1) is 0 Å². The van der Waals surface area contributed by atoms with Gasteiger partial charge in [0.2, 0.25) is 5.91 Å². The number of hydrogen-bond donors (Lipinski definition) is 2. The number of furan rings is 1. The molecule has 2 aromatic carbocycles. The van der Waals surface area contributed by atoms with E-state index in [1.165, 1.54) is 0 Å². The fourth-order valence-corrected chi connectivity index (χ4v) is 3.20. The van der Waals surface area contributed by atoms with Crippen molar-refractivity contribution in [1.82, 2.24) is 5.48 Å². The highest BCUT2D eigenvalue weighted by Gasteiger charge is 2.36.